The maximum atomic E-state index is 10.5. The predicted molar refractivity (Wildman–Crippen MR) is 92.9 cm³/mol. The van der Waals surface area contributed by atoms with Crippen LogP contribution in [-0.4, -0.2) is 45.3 Å². The van der Waals surface area contributed by atoms with Crippen LogP contribution in [-0.2, 0) is 0 Å². The Labute approximate surface area is 142 Å². The van der Waals surface area contributed by atoms with Crippen LogP contribution in [0.15, 0.2) is 36.8 Å². The smallest absolute Gasteiger partial charge is 0.144 e. The van der Waals surface area contributed by atoms with Gasteiger partial charge in [-0.15, -0.1) is 0 Å². The number of pyridine rings is 1. The molecule has 0 bridgehead atoms. The molecule has 1 aliphatic carbocycles. The second-order valence-corrected chi connectivity index (χ2v) is 6.94. The van der Waals surface area contributed by atoms with E-state index in [1.807, 2.05) is 13.0 Å². The molecule has 2 aromatic heterocycles. The van der Waals surface area contributed by atoms with Gasteiger partial charge in [0.2, 0.25) is 0 Å². The lowest BCUT2D eigenvalue weighted by Crippen LogP contribution is -2.43. The topological polar surface area (TPSA) is 74.2 Å². The predicted octanol–water partition coefficient (Wildman–Crippen LogP) is 1.87. The lowest BCUT2D eigenvalue weighted by Gasteiger charge is -2.35. The van der Waals surface area contributed by atoms with Crippen molar-refractivity contribution in [2.75, 3.05) is 23.3 Å². The third-order valence-electron chi connectivity index (χ3n) is 5.24. The molecule has 2 aliphatic rings. The number of anilines is 2. The van der Waals surface area contributed by atoms with Gasteiger partial charge in [-0.1, -0.05) is 6.07 Å². The molecule has 2 fully saturated rings. The monoisotopic (exact) mass is 325 g/mol. The van der Waals surface area contributed by atoms with Crippen molar-refractivity contribution in [3.8, 4) is 0 Å². The molecule has 0 amide bonds. The van der Waals surface area contributed by atoms with Gasteiger partial charge in [0, 0.05) is 31.2 Å². The van der Waals surface area contributed by atoms with E-state index in [0.717, 1.165) is 43.3 Å². The number of hydrogen-bond acceptors (Lipinski definition) is 6. The summed E-state index contributed by atoms with van der Waals surface area (Å²) in [5, 5.41) is 13.9. The number of aryl methyl sites for hydroxylation is 1. The Hall–Kier alpha value is -2.21. The second kappa shape index (κ2) is 6.36. The highest BCUT2D eigenvalue weighted by Crippen LogP contribution is 2.38. The Balaban J connectivity index is 1.45. The van der Waals surface area contributed by atoms with E-state index in [-0.39, 0.29) is 12.1 Å². The lowest BCUT2D eigenvalue weighted by atomic mass is 9.77. The zero-order valence-electron chi connectivity index (χ0n) is 13.8. The minimum atomic E-state index is -0.348. The van der Waals surface area contributed by atoms with Crippen LogP contribution in [0.1, 0.15) is 18.5 Å². The zero-order chi connectivity index (χ0) is 16.5. The molecule has 6 nitrogen and oxygen atoms in total. The average Bonchev–Trinajstić information content (AvgIpc) is 2.99. The van der Waals surface area contributed by atoms with Gasteiger partial charge in [0.25, 0.3) is 0 Å². The number of nitrogens with zero attached hydrogens (tertiary/aromatic N) is 4. The second-order valence-electron chi connectivity index (χ2n) is 6.94. The standard InChI is InChI=1S/C18H23N5O/c1-12-3-2-4-18(21-12)23-10-13-7-15(16(24)8-14(13)11-23)22-17-9-19-5-6-20-17/h2-6,9,13-16,24H,7-8,10-11H2,1H3,(H,20,22)/t13-,14+,15-,16-/m1/s1. The first kappa shape index (κ1) is 15.3. The summed E-state index contributed by atoms with van der Waals surface area (Å²) in [6.07, 6.45) is 6.45. The van der Waals surface area contributed by atoms with E-state index >= 15 is 0 Å². The lowest BCUT2D eigenvalue weighted by molar-refractivity contribution is 0.0737. The molecule has 1 aliphatic heterocycles. The van der Waals surface area contributed by atoms with Crippen LogP contribution in [0.2, 0.25) is 0 Å². The van der Waals surface area contributed by atoms with Crippen molar-refractivity contribution in [2.24, 2.45) is 11.8 Å². The first-order chi connectivity index (χ1) is 11.7. The van der Waals surface area contributed by atoms with E-state index in [1.165, 1.54) is 0 Å². The van der Waals surface area contributed by atoms with Crippen LogP contribution in [0.5, 0.6) is 0 Å². The quantitative estimate of drug-likeness (QED) is 0.897. The summed E-state index contributed by atoms with van der Waals surface area (Å²) in [6, 6.07) is 6.20. The molecule has 1 saturated heterocycles. The van der Waals surface area contributed by atoms with Crippen molar-refractivity contribution in [1.29, 1.82) is 0 Å². The minimum absolute atomic E-state index is 0.0355. The first-order valence-electron chi connectivity index (χ1n) is 8.58. The number of nitrogens with one attached hydrogen (secondary N) is 1. The molecule has 2 aromatic rings. The molecule has 0 radical (unpaired) electrons. The summed E-state index contributed by atoms with van der Waals surface area (Å²) in [5.74, 6) is 2.89. The van der Waals surface area contributed by atoms with Gasteiger partial charge in [0.1, 0.15) is 11.6 Å². The summed E-state index contributed by atoms with van der Waals surface area (Å²) in [6.45, 7) is 4.01. The molecule has 2 N–H and O–H groups in total. The van der Waals surface area contributed by atoms with Gasteiger partial charge in [-0.3, -0.25) is 4.98 Å². The van der Waals surface area contributed by atoms with Crippen LogP contribution in [0, 0.1) is 18.8 Å². The van der Waals surface area contributed by atoms with E-state index < -0.39 is 0 Å². The molecule has 0 spiro atoms. The van der Waals surface area contributed by atoms with Crippen molar-refractivity contribution in [3.05, 3.63) is 42.5 Å². The number of rotatable bonds is 3. The molecule has 24 heavy (non-hydrogen) atoms. The Kier molecular flexibility index (Phi) is 4.06. The summed E-state index contributed by atoms with van der Waals surface area (Å²) in [7, 11) is 0. The highest BCUT2D eigenvalue weighted by molar-refractivity contribution is 5.41. The van der Waals surface area contributed by atoms with Gasteiger partial charge in [0.15, 0.2) is 0 Å². The van der Waals surface area contributed by atoms with Crippen molar-refractivity contribution >= 4 is 11.6 Å². The molecule has 6 heteroatoms. The molecule has 4 atom stereocenters. The number of aliphatic hydroxyl groups is 1. The maximum absolute atomic E-state index is 10.5. The molecule has 0 aromatic carbocycles. The van der Waals surface area contributed by atoms with E-state index in [2.05, 4.69) is 37.3 Å². The van der Waals surface area contributed by atoms with Crippen molar-refractivity contribution < 1.29 is 5.11 Å². The molecule has 126 valence electrons. The van der Waals surface area contributed by atoms with Crippen molar-refractivity contribution in [2.45, 2.75) is 31.9 Å². The van der Waals surface area contributed by atoms with Crippen molar-refractivity contribution in [1.82, 2.24) is 15.0 Å². The van der Waals surface area contributed by atoms with Crippen LogP contribution >= 0.6 is 0 Å². The van der Waals surface area contributed by atoms with Gasteiger partial charge < -0.3 is 15.3 Å². The fourth-order valence-corrected chi connectivity index (χ4v) is 4.04. The number of aromatic nitrogens is 3. The third kappa shape index (κ3) is 3.06. The normalized spacial score (nSPS) is 29.3. The highest BCUT2D eigenvalue weighted by atomic mass is 16.3. The fraction of sp³-hybridized carbons (Fsp3) is 0.500. The summed E-state index contributed by atoms with van der Waals surface area (Å²) in [4.78, 5) is 15.3. The third-order valence-corrected chi connectivity index (χ3v) is 5.24. The Bertz CT molecular complexity index is 695. The van der Waals surface area contributed by atoms with Gasteiger partial charge in [-0.05, 0) is 43.7 Å². The van der Waals surface area contributed by atoms with Crippen LogP contribution in [0.25, 0.3) is 0 Å². The number of aliphatic hydroxyl groups excluding tert-OH is 1. The SMILES string of the molecule is Cc1cccc(N2C[C@H]3C[C@@H](Nc4cnccn4)[C@H](O)C[C@H]3C2)n1. The maximum Gasteiger partial charge on any atom is 0.144 e. The minimum Gasteiger partial charge on any atom is -0.391 e. The van der Waals surface area contributed by atoms with E-state index in [0.29, 0.717) is 11.8 Å². The summed E-state index contributed by atoms with van der Waals surface area (Å²) in [5.41, 5.74) is 1.05. The van der Waals surface area contributed by atoms with E-state index in [4.69, 9.17) is 0 Å². The van der Waals surface area contributed by atoms with E-state index in [1.54, 1.807) is 18.6 Å². The Morgan fingerprint density at radius 3 is 2.75 bits per heavy atom. The molecular weight excluding hydrogens is 302 g/mol. The van der Waals surface area contributed by atoms with Gasteiger partial charge >= 0.3 is 0 Å². The number of hydrogen-bond donors (Lipinski definition) is 2. The van der Waals surface area contributed by atoms with Crippen LogP contribution in [0.4, 0.5) is 11.6 Å². The van der Waals surface area contributed by atoms with Crippen molar-refractivity contribution in [3.63, 3.8) is 0 Å². The molecular formula is C18H23N5O. The Morgan fingerprint density at radius 2 is 2.00 bits per heavy atom. The van der Waals surface area contributed by atoms with E-state index in [9.17, 15) is 5.11 Å². The summed E-state index contributed by atoms with van der Waals surface area (Å²) >= 11 is 0. The van der Waals surface area contributed by atoms with Crippen LogP contribution in [0.3, 0.4) is 0 Å². The molecule has 1 saturated carbocycles. The van der Waals surface area contributed by atoms with Gasteiger partial charge in [-0.25, -0.2) is 9.97 Å². The number of fused-ring (bicyclic) bond motifs is 1. The highest BCUT2D eigenvalue weighted by Gasteiger charge is 2.42. The first-order valence-corrected chi connectivity index (χ1v) is 8.58. The Morgan fingerprint density at radius 1 is 1.17 bits per heavy atom. The molecule has 0 unspecified atom stereocenters. The molecule has 4 rings (SSSR count). The summed E-state index contributed by atoms with van der Waals surface area (Å²) < 4.78 is 0. The zero-order valence-corrected chi connectivity index (χ0v) is 13.8. The van der Waals surface area contributed by atoms with Gasteiger partial charge in [-0.2, -0.15) is 0 Å². The fourth-order valence-electron chi connectivity index (χ4n) is 4.04. The van der Waals surface area contributed by atoms with Crippen LogP contribution < -0.4 is 10.2 Å². The molecule has 3 heterocycles. The average molecular weight is 325 g/mol. The van der Waals surface area contributed by atoms with Gasteiger partial charge in [0.05, 0.1) is 18.3 Å². The largest absolute Gasteiger partial charge is 0.391 e.